The van der Waals surface area contributed by atoms with E-state index in [2.05, 4.69) is 11.8 Å². The van der Waals surface area contributed by atoms with Gasteiger partial charge in [0, 0.05) is 24.7 Å². The third-order valence-electron chi connectivity index (χ3n) is 4.02. The van der Waals surface area contributed by atoms with Crippen LogP contribution >= 0.6 is 0 Å². The normalized spacial score (nSPS) is 17.7. The Balaban J connectivity index is 2.07. The summed E-state index contributed by atoms with van der Waals surface area (Å²) in [5.41, 5.74) is 1.02. The molecule has 20 heavy (non-hydrogen) atoms. The lowest BCUT2D eigenvalue weighted by atomic mass is 10.1. The number of hydrogen-bond donors (Lipinski definition) is 0. The van der Waals surface area contributed by atoms with Crippen molar-refractivity contribution < 1.29 is 4.79 Å². The van der Waals surface area contributed by atoms with Crippen LogP contribution in [0, 0.1) is 0 Å². The van der Waals surface area contributed by atoms with E-state index in [0.29, 0.717) is 6.42 Å². The molecule has 0 spiro atoms. The van der Waals surface area contributed by atoms with Crippen molar-refractivity contribution in [1.82, 2.24) is 4.90 Å². The smallest absolute Gasteiger partial charge is 0.226 e. The van der Waals surface area contributed by atoms with E-state index in [1.807, 2.05) is 42.2 Å². The zero-order valence-corrected chi connectivity index (χ0v) is 12.7. The molecule has 1 aliphatic rings. The highest BCUT2D eigenvalue weighted by Gasteiger charge is 2.23. The fraction of sp³-hybridized carbons (Fsp3) is 0.588. The molecule has 1 aromatic rings. The number of anilines is 1. The molecule has 1 heterocycles. The van der Waals surface area contributed by atoms with Crippen LogP contribution in [0.5, 0.6) is 0 Å². The van der Waals surface area contributed by atoms with Gasteiger partial charge in [-0.3, -0.25) is 4.79 Å². The molecule has 0 unspecified atom stereocenters. The van der Waals surface area contributed by atoms with Gasteiger partial charge in [0.1, 0.15) is 0 Å². The molecule has 1 atom stereocenters. The van der Waals surface area contributed by atoms with E-state index in [1.54, 1.807) is 0 Å². The molecule has 0 aliphatic carbocycles. The largest absolute Gasteiger partial charge is 0.308 e. The number of hydrogen-bond acceptors (Lipinski definition) is 2. The molecule has 0 radical (unpaired) electrons. The van der Waals surface area contributed by atoms with Gasteiger partial charge in [-0.1, -0.05) is 31.5 Å². The molecule has 1 aromatic carbocycles. The first-order chi connectivity index (χ1) is 9.72. The van der Waals surface area contributed by atoms with Gasteiger partial charge in [-0.2, -0.15) is 0 Å². The Bertz CT molecular complexity index is 412. The van der Waals surface area contributed by atoms with E-state index in [4.69, 9.17) is 0 Å². The molecular weight excluding hydrogens is 248 g/mol. The summed E-state index contributed by atoms with van der Waals surface area (Å²) in [6.45, 7) is 7.42. The van der Waals surface area contributed by atoms with E-state index < -0.39 is 0 Å². The summed E-state index contributed by atoms with van der Waals surface area (Å²) in [7, 11) is 0. The Morgan fingerprint density at radius 1 is 1.20 bits per heavy atom. The lowest BCUT2D eigenvalue weighted by molar-refractivity contribution is -0.118. The molecule has 110 valence electrons. The van der Waals surface area contributed by atoms with Crippen molar-refractivity contribution in [2.75, 3.05) is 24.5 Å². The lowest BCUT2D eigenvalue weighted by Gasteiger charge is -2.35. The zero-order valence-electron chi connectivity index (χ0n) is 12.7. The van der Waals surface area contributed by atoms with Crippen molar-refractivity contribution in [1.29, 1.82) is 0 Å². The molecule has 3 heteroatoms. The van der Waals surface area contributed by atoms with Crippen LogP contribution in [0.4, 0.5) is 5.69 Å². The van der Waals surface area contributed by atoms with Crippen LogP contribution in [0.2, 0.25) is 0 Å². The van der Waals surface area contributed by atoms with Crippen LogP contribution in [0.1, 0.15) is 39.5 Å². The maximum Gasteiger partial charge on any atom is 0.226 e. The number of benzene rings is 1. The van der Waals surface area contributed by atoms with Crippen LogP contribution in [-0.4, -0.2) is 36.5 Å². The highest BCUT2D eigenvalue weighted by atomic mass is 16.2. The molecule has 1 aliphatic heterocycles. The fourth-order valence-corrected chi connectivity index (χ4v) is 3.00. The van der Waals surface area contributed by atoms with E-state index in [0.717, 1.165) is 12.2 Å². The maximum absolute atomic E-state index is 12.3. The number of piperidine rings is 1. The van der Waals surface area contributed by atoms with Crippen molar-refractivity contribution in [3.05, 3.63) is 30.3 Å². The molecule has 1 saturated heterocycles. The Kier molecular flexibility index (Phi) is 5.60. The van der Waals surface area contributed by atoms with Crippen molar-refractivity contribution in [3.8, 4) is 0 Å². The average Bonchev–Trinajstić information content (AvgIpc) is 2.49. The first kappa shape index (κ1) is 15.0. The predicted octanol–water partition coefficient (Wildman–Crippen LogP) is 3.30. The topological polar surface area (TPSA) is 23.6 Å². The monoisotopic (exact) mass is 274 g/mol. The van der Waals surface area contributed by atoms with E-state index in [9.17, 15) is 4.79 Å². The van der Waals surface area contributed by atoms with Gasteiger partial charge in [-0.15, -0.1) is 0 Å². The SMILES string of the molecule is CCC(=O)N(c1ccccc1)[C@@H](C)CN1CCCCC1. The summed E-state index contributed by atoms with van der Waals surface area (Å²) in [6.07, 6.45) is 4.49. The van der Waals surface area contributed by atoms with Crippen molar-refractivity contribution in [3.63, 3.8) is 0 Å². The van der Waals surface area contributed by atoms with E-state index in [1.165, 1.54) is 32.4 Å². The van der Waals surface area contributed by atoms with E-state index in [-0.39, 0.29) is 11.9 Å². The van der Waals surface area contributed by atoms with Crippen LogP contribution in [0.3, 0.4) is 0 Å². The molecule has 0 saturated carbocycles. The minimum Gasteiger partial charge on any atom is -0.308 e. The number of carbonyl (C=O) groups excluding carboxylic acids is 1. The second-order valence-electron chi connectivity index (χ2n) is 5.66. The number of carbonyl (C=O) groups is 1. The van der Waals surface area contributed by atoms with Crippen molar-refractivity contribution in [2.45, 2.75) is 45.6 Å². The minimum absolute atomic E-state index is 0.209. The summed E-state index contributed by atoms with van der Waals surface area (Å²) >= 11 is 0. The van der Waals surface area contributed by atoms with Gasteiger partial charge in [0.05, 0.1) is 0 Å². The molecule has 1 amide bonds. The molecule has 0 aromatic heterocycles. The van der Waals surface area contributed by atoms with Gasteiger partial charge < -0.3 is 9.80 Å². The first-order valence-corrected chi connectivity index (χ1v) is 7.82. The third kappa shape index (κ3) is 3.83. The third-order valence-corrected chi connectivity index (χ3v) is 4.02. The second-order valence-corrected chi connectivity index (χ2v) is 5.66. The Morgan fingerprint density at radius 2 is 1.85 bits per heavy atom. The molecule has 2 rings (SSSR count). The fourth-order valence-electron chi connectivity index (χ4n) is 3.00. The van der Waals surface area contributed by atoms with Crippen LogP contribution < -0.4 is 4.90 Å². The number of para-hydroxylation sites is 1. The zero-order chi connectivity index (χ0) is 14.4. The predicted molar refractivity (Wildman–Crippen MR) is 84.0 cm³/mol. The number of likely N-dealkylation sites (tertiary alicyclic amines) is 1. The highest BCUT2D eigenvalue weighted by molar-refractivity contribution is 5.93. The molecular formula is C17H26N2O. The molecule has 1 fully saturated rings. The van der Waals surface area contributed by atoms with E-state index >= 15 is 0 Å². The Labute approximate surface area is 122 Å². The first-order valence-electron chi connectivity index (χ1n) is 7.82. The van der Waals surface area contributed by atoms with Crippen LogP contribution in [-0.2, 0) is 4.79 Å². The Morgan fingerprint density at radius 3 is 2.45 bits per heavy atom. The summed E-state index contributed by atoms with van der Waals surface area (Å²) in [6, 6.07) is 10.3. The Hall–Kier alpha value is -1.35. The van der Waals surface area contributed by atoms with Gasteiger partial charge in [0.15, 0.2) is 0 Å². The maximum atomic E-state index is 12.3. The molecule has 3 nitrogen and oxygen atoms in total. The standard InChI is InChI=1S/C17H26N2O/c1-3-17(20)19(16-10-6-4-7-11-16)15(2)14-18-12-8-5-9-13-18/h4,6-7,10-11,15H,3,5,8-9,12-14H2,1-2H3/t15-/m0/s1. The van der Waals surface area contributed by atoms with Crippen molar-refractivity contribution in [2.24, 2.45) is 0 Å². The van der Waals surface area contributed by atoms with Crippen LogP contribution in [0.15, 0.2) is 30.3 Å². The molecule has 0 bridgehead atoms. The molecule has 0 N–H and O–H groups in total. The minimum atomic E-state index is 0.209. The summed E-state index contributed by atoms with van der Waals surface area (Å²) in [4.78, 5) is 16.8. The van der Waals surface area contributed by atoms with Gasteiger partial charge in [-0.25, -0.2) is 0 Å². The summed E-state index contributed by atoms with van der Waals surface area (Å²) in [5.74, 6) is 0.209. The van der Waals surface area contributed by atoms with Gasteiger partial charge in [0.2, 0.25) is 5.91 Å². The van der Waals surface area contributed by atoms with Gasteiger partial charge in [-0.05, 0) is 45.0 Å². The second kappa shape index (κ2) is 7.44. The number of rotatable bonds is 5. The van der Waals surface area contributed by atoms with Crippen LogP contribution in [0.25, 0.3) is 0 Å². The number of amides is 1. The number of nitrogens with zero attached hydrogens (tertiary/aromatic N) is 2. The summed E-state index contributed by atoms with van der Waals surface area (Å²) < 4.78 is 0. The van der Waals surface area contributed by atoms with Gasteiger partial charge in [0.25, 0.3) is 0 Å². The average molecular weight is 274 g/mol. The van der Waals surface area contributed by atoms with Gasteiger partial charge >= 0.3 is 0 Å². The van der Waals surface area contributed by atoms with Crippen molar-refractivity contribution >= 4 is 11.6 Å². The quantitative estimate of drug-likeness (QED) is 0.822. The highest BCUT2D eigenvalue weighted by Crippen LogP contribution is 2.19. The lowest BCUT2D eigenvalue weighted by Crippen LogP contribution is -2.46. The summed E-state index contributed by atoms with van der Waals surface area (Å²) in [5, 5.41) is 0.